The van der Waals surface area contributed by atoms with E-state index in [1.165, 1.54) is 7.11 Å². The van der Waals surface area contributed by atoms with E-state index in [0.29, 0.717) is 0 Å². The summed E-state index contributed by atoms with van der Waals surface area (Å²) in [6.45, 7) is -0.220. The van der Waals surface area contributed by atoms with Gasteiger partial charge in [-0.25, -0.2) is 13.8 Å². The first-order chi connectivity index (χ1) is 6.61. The first kappa shape index (κ1) is 10.8. The number of methoxy groups -OCH3 is 1. The van der Waals surface area contributed by atoms with E-state index >= 15 is 0 Å². The van der Waals surface area contributed by atoms with Gasteiger partial charge in [-0.2, -0.15) is 4.39 Å². The molecule has 0 aliphatic rings. The van der Waals surface area contributed by atoms with Crippen molar-refractivity contribution in [3.05, 3.63) is 23.3 Å². The van der Waals surface area contributed by atoms with Gasteiger partial charge in [0.05, 0.1) is 7.11 Å². The fourth-order valence-electron chi connectivity index (χ4n) is 1.12. The number of halogens is 3. The summed E-state index contributed by atoms with van der Waals surface area (Å²) in [4.78, 5) is 3.15. The first-order valence-electron chi connectivity index (χ1n) is 3.81. The van der Waals surface area contributed by atoms with Crippen LogP contribution in [0.3, 0.4) is 0 Å². The minimum atomic E-state index is -2.74. The lowest BCUT2D eigenvalue weighted by Crippen LogP contribution is -2.08. The van der Waals surface area contributed by atoms with Gasteiger partial charge in [-0.15, -0.1) is 0 Å². The highest BCUT2D eigenvalue weighted by Gasteiger charge is 2.19. The summed E-state index contributed by atoms with van der Waals surface area (Å²) < 4.78 is 42.3. The minimum absolute atomic E-state index is 0.0463. The molecular formula is C8H9F3N2O. The zero-order chi connectivity index (χ0) is 10.7. The van der Waals surface area contributed by atoms with Crippen LogP contribution in [0.4, 0.5) is 13.2 Å². The Labute approximate surface area is 78.7 Å². The molecule has 14 heavy (non-hydrogen) atoms. The second kappa shape index (κ2) is 4.28. The predicted octanol–water partition coefficient (Wildman–Crippen LogP) is 1.63. The Kier molecular flexibility index (Phi) is 3.29. The lowest BCUT2D eigenvalue weighted by atomic mass is 10.1. The zero-order valence-corrected chi connectivity index (χ0v) is 7.43. The van der Waals surface area contributed by atoms with E-state index in [2.05, 4.69) is 9.72 Å². The number of hydrogen-bond donors (Lipinski definition) is 1. The molecule has 0 unspecified atom stereocenters. The molecule has 0 aliphatic carbocycles. The van der Waals surface area contributed by atoms with Crippen LogP contribution in [-0.2, 0) is 6.54 Å². The van der Waals surface area contributed by atoms with Crippen LogP contribution in [0.5, 0.6) is 5.75 Å². The fraction of sp³-hybridized carbons (Fsp3) is 0.375. The summed E-state index contributed by atoms with van der Waals surface area (Å²) >= 11 is 0. The van der Waals surface area contributed by atoms with Gasteiger partial charge >= 0.3 is 0 Å². The third-order valence-corrected chi connectivity index (χ3v) is 1.77. The lowest BCUT2D eigenvalue weighted by molar-refractivity contribution is 0.149. The van der Waals surface area contributed by atoms with Crippen LogP contribution in [0.25, 0.3) is 0 Å². The second-order valence-electron chi connectivity index (χ2n) is 2.52. The fourth-order valence-corrected chi connectivity index (χ4v) is 1.12. The summed E-state index contributed by atoms with van der Waals surface area (Å²) in [6, 6.07) is 0. The van der Waals surface area contributed by atoms with Crippen molar-refractivity contribution in [1.82, 2.24) is 4.98 Å². The van der Waals surface area contributed by atoms with Crippen molar-refractivity contribution in [1.29, 1.82) is 0 Å². The molecule has 3 nitrogen and oxygen atoms in total. The SMILES string of the molecule is COc1c(F)ncc(C(F)F)c1CN. The number of nitrogens with zero attached hydrogens (tertiary/aromatic N) is 1. The Morgan fingerprint density at radius 1 is 1.57 bits per heavy atom. The molecule has 1 aromatic heterocycles. The van der Waals surface area contributed by atoms with E-state index in [4.69, 9.17) is 5.73 Å². The topological polar surface area (TPSA) is 48.1 Å². The van der Waals surface area contributed by atoms with E-state index in [9.17, 15) is 13.2 Å². The summed E-state index contributed by atoms with van der Waals surface area (Å²) in [5.41, 5.74) is 4.78. The molecule has 0 bridgehead atoms. The predicted molar refractivity (Wildman–Crippen MR) is 43.6 cm³/mol. The van der Waals surface area contributed by atoms with Gasteiger partial charge in [-0.05, 0) is 0 Å². The summed E-state index contributed by atoms with van der Waals surface area (Å²) in [5.74, 6) is -1.25. The molecule has 0 aliphatic heterocycles. The third kappa shape index (κ3) is 1.79. The molecule has 1 heterocycles. The Morgan fingerprint density at radius 3 is 2.64 bits per heavy atom. The van der Waals surface area contributed by atoms with E-state index in [0.717, 1.165) is 6.20 Å². The maximum Gasteiger partial charge on any atom is 0.265 e. The molecule has 0 aromatic carbocycles. The molecule has 6 heteroatoms. The second-order valence-corrected chi connectivity index (χ2v) is 2.52. The largest absolute Gasteiger partial charge is 0.492 e. The van der Waals surface area contributed by atoms with Crippen molar-refractivity contribution >= 4 is 0 Å². The number of ether oxygens (including phenoxy) is 1. The van der Waals surface area contributed by atoms with Crippen molar-refractivity contribution in [2.24, 2.45) is 5.73 Å². The molecule has 1 aromatic rings. The first-order valence-corrected chi connectivity index (χ1v) is 3.81. The Balaban J connectivity index is 3.33. The van der Waals surface area contributed by atoms with Crippen molar-refractivity contribution in [2.45, 2.75) is 13.0 Å². The molecule has 0 saturated heterocycles. The molecule has 1 rings (SSSR count). The monoisotopic (exact) mass is 206 g/mol. The van der Waals surface area contributed by atoms with Crippen molar-refractivity contribution in [3.8, 4) is 5.75 Å². The summed E-state index contributed by atoms with van der Waals surface area (Å²) in [6.07, 6.45) is -1.97. The highest BCUT2D eigenvalue weighted by atomic mass is 19.3. The van der Waals surface area contributed by atoms with Gasteiger partial charge in [0, 0.05) is 23.9 Å². The highest BCUT2D eigenvalue weighted by molar-refractivity contribution is 5.38. The molecular weight excluding hydrogens is 197 g/mol. The van der Waals surface area contributed by atoms with Crippen LogP contribution in [-0.4, -0.2) is 12.1 Å². The van der Waals surface area contributed by atoms with Gasteiger partial charge in [-0.3, -0.25) is 0 Å². The van der Waals surface area contributed by atoms with Gasteiger partial charge in [0.2, 0.25) is 0 Å². The maximum absolute atomic E-state index is 12.9. The quantitative estimate of drug-likeness (QED) is 0.764. The number of alkyl halides is 2. The van der Waals surface area contributed by atoms with Crippen LogP contribution in [0.2, 0.25) is 0 Å². The molecule has 0 fully saturated rings. The van der Waals surface area contributed by atoms with Crippen LogP contribution in [0.1, 0.15) is 17.6 Å². The van der Waals surface area contributed by atoms with Crippen LogP contribution < -0.4 is 10.5 Å². The Bertz CT molecular complexity index is 331. The van der Waals surface area contributed by atoms with Crippen molar-refractivity contribution in [2.75, 3.05) is 7.11 Å². The van der Waals surface area contributed by atoms with Crippen LogP contribution in [0, 0.1) is 5.95 Å². The molecule has 0 radical (unpaired) electrons. The normalized spacial score (nSPS) is 10.7. The molecule has 0 amide bonds. The lowest BCUT2D eigenvalue weighted by Gasteiger charge is -2.11. The number of pyridine rings is 1. The van der Waals surface area contributed by atoms with Gasteiger partial charge in [0.15, 0.2) is 5.75 Å². The molecule has 78 valence electrons. The third-order valence-electron chi connectivity index (χ3n) is 1.77. The van der Waals surface area contributed by atoms with Gasteiger partial charge in [0.25, 0.3) is 12.4 Å². The Morgan fingerprint density at radius 2 is 2.21 bits per heavy atom. The molecule has 0 atom stereocenters. The van der Waals surface area contributed by atoms with E-state index in [1.807, 2.05) is 0 Å². The van der Waals surface area contributed by atoms with Gasteiger partial charge < -0.3 is 10.5 Å². The number of rotatable bonds is 3. The Hall–Kier alpha value is -1.30. The molecule has 0 spiro atoms. The average Bonchev–Trinajstić information content (AvgIpc) is 2.16. The maximum atomic E-state index is 12.9. The summed E-state index contributed by atoms with van der Waals surface area (Å²) in [7, 11) is 1.18. The van der Waals surface area contributed by atoms with E-state index < -0.39 is 17.9 Å². The van der Waals surface area contributed by atoms with Crippen LogP contribution in [0.15, 0.2) is 6.20 Å². The minimum Gasteiger partial charge on any atom is -0.492 e. The molecule has 2 N–H and O–H groups in total. The van der Waals surface area contributed by atoms with Crippen LogP contribution >= 0.6 is 0 Å². The van der Waals surface area contributed by atoms with Crippen molar-refractivity contribution < 1.29 is 17.9 Å². The standard InChI is InChI=1S/C8H9F3N2O/c1-14-6-4(2-12)5(7(9)10)3-13-8(6)11/h3,7H,2,12H2,1H3. The van der Waals surface area contributed by atoms with E-state index in [1.54, 1.807) is 0 Å². The smallest absolute Gasteiger partial charge is 0.265 e. The van der Waals surface area contributed by atoms with Gasteiger partial charge in [-0.1, -0.05) is 0 Å². The van der Waals surface area contributed by atoms with E-state index in [-0.39, 0.29) is 17.9 Å². The zero-order valence-electron chi connectivity index (χ0n) is 7.43. The number of hydrogen-bond acceptors (Lipinski definition) is 3. The van der Waals surface area contributed by atoms with Gasteiger partial charge in [0.1, 0.15) is 0 Å². The average molecular weight is 206 g/mol. The van der Waals surface area contributed by atoms with Crippen molar-refractivity contribution in [3.63, 3.8) is 0 Å². The number of aromatic nitrogens is 1. The highest BCUT2D eigenvalue weighted by Crippen LogP contribution is 2.30. The summed E-state index contributed by atoms with van der Waals surface area (Å²) in [5, 5.41) is 0. The molecule has 0 saturated carbocycles. The number of nitrogens with two attached hydrogens (primary N) is 1.